The molecule has 0 aliphatic carbocycles. The van der Waals surface area contributed by atoms with Gasteiger partial charge in [-0.2, -0.15) is 0 Å². The van der Waals surface area contributed by atoms with Crippen LogP contribution in [0.15, 0.2) is 46.9 Å². The van der Waals surface area contributed by atoms with Crippen molar-refractivity contribution in [3.05, 3.63) is 46.9 Å². The molecule has 3 aromatic rings. The number of unbranched alkanes of at least 4 members (excludes halogenated alkanes) is 12. The third-order valence-corrected chi connectivity index (χ3v) is 10.2. The summed E-state index contributed by atoms with van der Waals surface area (Å²) in [5.74, 6) is 0.925. The molecule has 0 aliphatic rings. The first-order valence-electron chi connectivity index (χ1n) is 21.4. The van der Waals surface area contributed by atoms with E-state index in [4.69, 9.17) is 28.4 Å². The molecule has 0 amide bonds. The van der Waals surface area contributed by atoms with Crippen molar-refractivity contribution in [2.24, 2.45) is 0 Å². The molecule has 2 unspecified atom stereocenters. The van der Waals surface area contributed by atoms with E-state index in [2.05, 4.69) is 43.6 Å². The summed E-state index contributed by atoms with van der Waals surface area (Å²) in [6.45, 7) is 10.8. The van der Waals surface area contributed by atoms with E-state index in [1.807, 2.05) is 42.5 Å². The number of hydrogen-bond acceptors (Lipinski definition) is 8. The summed E-state index contributed by atoms with van der Waals surface area (Å²) in [5.41, 5.74) is 0. The fourth-order valence-electron chi connectivity index (χ4n) is 6.54. The van der Waals surface area contributed by atoms with E-state index in [0.29, 0.717) is 37.6 Å². The summed E-state index contributed by atoms with van der Waals surface area (Å²) >= 11 is 3.67. The number of carbonyl (C=O) groups excluding carboxylic acids is 2. The van der Waals surface area contributed by atoms with Gasteiger partial charge >= 0.3 is 11.9 Å². The minimum atomic E-state index is -0.555. The quantitative estimate of drug-likeness (QED) is 0.0349. The molecule has 0 radical (unpaired) electrons. The van der Waals surface area contributed by atoms with Gasteiger partial charge in [-0.25, -0.2) is 0 Å². The van der Waals surface area contributed by atoms with Crippen molar-refractivity contribution in [1.29, 1.82) is 0 Å². The topological polar surface area (TPSA) is 89.5 Å². The Balaban J connectivity index is 1.84. The van der Waals surface area contributed by atoms with Crippen molar-refractivity contribution in [1.82, 2.24) is 0 Å². The smallest absolute Gasteiger partial charge is 0.306 e. The molecule has 0 saturated heterocycles. The minimum Gasteiger partial charge on any atom is -0.488 e. The minimum absolute atomic E-state index is 0.146. The lowest BCUT2D eigenvalue weighted by Crippen LogP contribution is -2.30. The largest absolute Gasteiger partial charge is 0.488 e. The van der Waals surface area contributed by atoms with Gasteiger partial charge in [-0.1, -0.05) is 145 Å². The maximum Gasteiger partial charge on any atom is 0.306 e. The summed E-state index contributed by atoms with van der Waals surface area (Å²) in [4.78, 5) is 25.9. The Bertz CT molecular complexity index is 1510. The molecule has 9 heteroatoms. The molecule has 0 saturated carbocycles. The molecular weight excluding hydrogens is 760 g/mol. The van der Waals surface area contributed by atoms with Crippen molar-refractivity contribution < 1.29 is 38.0 Å². The Kier molecular flexibility index (Phi) is 24.1. The zero-order valence-corrected chi connectivity index (χ0v) is 35.9. The van der Waals surface area contributed by atoms with Crippen LogP contribution in [0.4, 0.5) is 0 Å². The fourth-order valence-corrected chi connectivity index (χ4v) is 6.90. The second kappa shape index (κ2) is 28.5. The van der Waals surface area contributed by atoms with Crippen molar-refractivity contribution in [3.63, 3.8) is 0 Å². The number of benzene rings is 3. The van der Waals surface area contributed by atoms with Crippen molar-refractivity contribution in [3.8, 4) is 11.5 Å². The summed E-state index contributed by atoms with van der Waals surface area (Å²) in [5, 5.41) is 3.45. The first-order chi connectivity index (χ1) is 26.9. The molecule has 0 aliphatic heterocycles. The van der Waals surface area contributed by atoms with Gasteiger partial charge in [0.1, 0.15) is 24.7 Å². The zero-order valence-electron chi connectivity index (χ0n) is 34.3. The predicted octanol–water partition coefficient (Wildman–Crippen LogP) is 12.5. The van der Waals surface area contributed by atoms with Crippen LogP contribution >= 0.6 is 15.9 Å². The highest BCUT2D eigenvalue weighted by Crippen LogP contribution is 2.44. The Labute approximate surface area is 339 Å². The van der Waals surface area contributed by atoms with Crippen molar-refractivity contribution in [2.45, 2.75) is 155 Å². The monoisotopic (exact) mass is 828 g/mol. The molecule has 308 valence electrons. The van der Waals surface area contributed by atoms with Gasteiger partial charge in [-0.15, -0.1) is 0 Å². The third-order valence-electron chi connectivity index (χ3n) is 9.67. The SMILES string of the molecule is CCCCCCCC(=O)OC(COCCCCC)COc1c2ccccc2c(OCC(COCCCCC)OC(=O)CCCCCCC)c2cc(Br)ccc12. The Morgan fingerprint density at radius 1 is 0.509 bits per heavy atom. The maximum absolute atomic E-state index is 12.9. The highest BCUT2D eigenvalue weighted by Gasteiger charge is 2.23. The normalized spacial score (nSPS) is 12.5. The second-order valence-electron chi connectivity index (χ2n) is 14.6. The van der Waals surface area contributed by atoms with Crippen LogP contribution in [0.2, 0.25) is 0 Å². The first-order valence-corrected chi connectivity index (χ1v) is 22.1. The highest BCUT2D eigenvalue weighted by atomic mass is 79.9. The van der Waals surface area contributed by atoms with E-state index in [1.165, 1.54) is 12.8 Å². The van der Waals surface area contributed by atoms with Gasteiger partial charge < -0.3 is 28.4 Å². The third kappa shape index (κ3) is 17.9. The lowest BCUT2D eigenvalue weighted by atomic mass is 10.0. The van der Waals surface area contributed by atoms with Crippen LogP contribution in [0, 0.1) is 0 Å². The fraction of sp³-hybridized carbons (Fsp3) is 0.652. The highest BCUT2D eigenvalue weighted by molar-refractivity contribution is 9.10. The van der Waals surface area contributed by atoms with Gasteiger partial charge in [-0.05, 0) is 43.9 Å². The molecule has 8 nitrogen and oxygen atoms in total. The van der Waals surface area contributed by atoms with Crippen LogP contribution in [0.25, 0.3) is 21.5 Å². The molecule has 0 fully saturated rings. The van der Waals surface area contributed by atoms with Crippen LogP contribution in [0.5, 0.6) is 11.5 Å². The molecule has 55 heavy (non-hydrogen) atoms. The van der Waals surface area contributed by atoms with Gasteiger partial charge in [0.25, 0.3) is 0 Å². The summed E-state index contributed by atoms with van der Waals surface area (Å²) in [6, 6.07) is 14.0. The Hall–Kier alpha value is -2.88. The van der Waals surface area contributed by atoms with Crippen LogP contribution in [-0.4, -0.2) is 63.8 Å². The summed E-state index contributed by atoms with van der Waals surface area (Å²) in [6.07, 6.45) is 16.6. The van der Waals surface area contributed by atoms with Crippen molar-refractivity contribution >= 4 is 49.4 Å². The van der Waals surface area contributed by atoms with E-state index in [1.54, 1.807) is 0 Å². The second-order valence-corrected chi connectivity index (χ2v) is 15.5. The lowest BCUT2D eigenvalue weighted by molar-refractivity contribution is -0.155. The van der Waals surface area contributed by atoms with Crippen LogP contribution in [0.1, 0.15) is 143 Å². The molecule has 0 heterocycles. The summed E-state index contributed by atoms with van der Waals surface area (Å²) in [7, 11) is 0. The van der Waals surface area contributed by atoms with Crippen LogP contribution in [0.3, 0.4) is 0 Å². The van der Waals surface area contributed by atoms with Gasteiger partial charge in [0, 0.05) is 52.1 Å². The zero-order chi connectivity index (χ0) is 39.5. The number of hydrogen-bond donors (Lipinski definition) is 0. The molecule has 0 spiro atoms. The number of ether oxygens (including phenoxy) is 6. The maximum atomic E-state index is 12.9. The first kappa shape index (κ1) is 46.5. The molecule has 3 aromatic carbocycles. The van der Waals surface area contributed by atoms with Gasteiger partial charge in [-0.3, -0.25) is 9.59 Å². The number of carbonyl (C=O) groups is 2. The van der Waals surface area contributed by atoms with Crippen LogP contribution in [-0.2, 0) is 28.5 Å². The number of esters is 2. The van der Waals surface area contributed by atoms with E-state index < -0.39 is 12.2 Å². The van der Waals surface area contributed by atoms with Gasteiger partial charge in [0.2, 0.25) is 0 Å². The average molecular weight is 830 g/mol. The Morgan fingerprint density at radius 3 is 1.40 bits per heavy atom. The molecular formula is C46H69BrO8. The standard InChI is InChI=1S/C46H69BrO8/c1-5-9-13-15-17-25-43(48)54-37(32-50-29-21-11-7-3)34-52-45-39-23-19-20-24-40(39)46(42-31-36(47)27-28-41(42)45)53-35-38(33-51-30-22-12-8-4)55-44(49)26-18-16-14-10-6-2/h19-20,23-24,27-28,31,37-38H,5-18,21-22,25-26,29-30,32-35H2,1-4H3. The van der Waals surface area contributed by atoms with Gasteiger partial charge in [0.05, 0.1) is 13.2 Å². The predicted molar refractivity (Wildman–Crippen MR) is 227 cm³/mol. The number of rotatable bonds is 32. The summed E-state index contributed by atoms with van der Waals surface area (Å²) < 4.78 is 38.1. The molecule has 0 bridgehead atoms. The lowest BCUT2D eigenvalue weighted by Gasteiger charge is -2.23. The number of halogens is 1. The number of fused-ring (bicyclic) bond motifs is 2. The molecule has 0 N–H and O–H groups in total. The van der Waals surface area contributed by atoms with E-state index in [-0.39, 0.29) is 38.4 Å². The molecule has 3 rings (SSSR count). The van der Waals surface area contributed by atoms with E-state index in [9.17, 15) is 9.59 Å². The molecule has 0 aromatic heterocycles. The van der Waals surface area contributed by atoms with E-state index in [0.717, 1.165) is 116 Å². The van der Waals surface area contributed by atoms with E-state index >= 15 is 0 Å². The van der Waals surface area contributed by atoms with Gasteiger partial charge in [0.15, 0.2) is 12.2 Å². The molecule has 2 atom stereocenters. The average Bonchev–Trinajstić information content (AvgIpc) is 3.18. The van der Waals surface area contributed by atoms with Crippen LogP contribution < -0.4 is 9.47 Å². The Morgan fingerprint density at radius 2 is 0.927 bits per heavy atom. The van der Waals surface area contributed by atoms with Crippen molar-refractivity contribution in [2.75, 3.05) is 39.6 Å².